The van der Waals surface area contributed by atoms with E-state index in [2.05, 4.69) is 6.92 Å². The molecule has 0 bridgehead atoms. The summed E-state index contributed by atoms with van der Waals surface area (Å²) in [7, 11) is -1.62. The lowest BCUT2D eigenvalue weighted by Crippen LogP contribution is -2.36. The van der Waals surface area contributed by atoms with Crippen molar-refractivity contribution in [1.29, 1.82) is 0 Å². The Bertz CT molecular complexity index is 567. The summed E-state index contributed by atoms with van der Waals surface area (Å²) >= 11 is 0. The Balaban J connectivity index is 2.33. The number of aryl methyl sites for hydroxylation is 1. The van der Waals surface area contributed by atoms with Gasteiger partial charge in [-0.3, -0.25) is 0 Å². The molecule has 1 aliphatic rings. The van der Waals surface area contributed by atoms with Gasteiger partial charge in [0.15, 0.2) is 9.84 Å². The van der Waals surface area contributed by atoms with E-state index in [0.717, 1.165) is 12.0 Å². The van der Waals surface area contributed by atoms with E-state index >= 15 is 0 Å². The molecule has 1 saturated carbocycles. The second-order valence-corrected chi connectivity index (χ2v) is 7.90. The van der Waals surface area contributed by atoms with Crippen LogP contribution in [0.1, 0.15) is 30.9 Å². The summed E-state index contributed by atoms with van der Waals surface area (Å²) in [4.78, 5) is 0. The monoisotopic (exact) mass is 297 g/mol. The van der Waals surface area contributed by atoms with Crippen LogP contribution < -0.4 is 5.73 Å². The normalized spacial score (nSPS) is 29.4. The molecule has 0 unspecified atom stereocenters. The van der Waals surface area contributed by atoms with Crippen LogP contribution in [0.25, 0.3) is 0 Å². The van der Waals surface area contributed by atoms with Gasteiger partial charge in [0.25, 0.3) is 0 Å². The van der Waals surface area contributed by atoms with Crippen LogP contribution in [-0.2, 0) is 21.0 Å². The zero-order valence-electron chi connectivity index (χ0n) is 12.3. The summed E-state index contributed by atoms with van der Waals surface area (Å²) < 4.78 is 29.6. The van der Waals surface area contributed by atoms with Gasteiger partial charge in [-0.25, -0.2) is 8.42 Å². The van der Waals surface area contributed by atoms with Gasteiger partial charge in [0.05, 0.1) is 17.4 Å². The predicted molar refractivity (Wildman–Crippen MR) is 80.6 cm³/mol. The van der Waals surface area contributed by atoms with E-state index < -0.39 is 20.6 Å². The van der Waals surface area contributed by atoms with Gasteiger partial charge in [-0.1, -0.05) is 38.1 Å². The molecule has 5 heteroatoms. The van der Waals surface area contributed by atoms with E-state index in [-0.39, 0.29) is 18.3 Å². The van der Waals surface area contributed by atoms with Crippen molar-refractivity contribution in [2.24, 2.45) is 5.73 Å². The highest BCUT2D eigenvalue weighted by atomic mass is 32.2. The van der Waals surface area contributed by atoms with Crippen LogP contribution in [-0.4, -0.2) is 38.7 Å². The fourth-order valence-electron chi connectivity index (χ4n) is 3.01. The summed E-state index contributed by atoms with van der Waals surface area (Å²) in [6.45, 7) is 4.02. The molecule has 2 rings (SSSR count). The van der Waals surface area contributed by atoms with E-state index in [1.165, 1.54) is 5.56 Å². The van der Waals surface area contributed by atoms with Crippen molar-refractivity contribution in [1.82, 2.24) is 0 Å². The molecule has 0 radical (unpaired) electrons. The van der Waals surface area contributed by atoms with Gasteiger partial charge in [-0.15, -0.1) is 0 Å². The van der Waals surface area contributed by atoms with E-state index in [4.69, 9.17) is 10.5 Å². The molecule has 1 aromatic rings. The minimum atomic E-state index is -3.17. The lowest BCUT2D eigenvalue weighted by Gasteiger charge is -2.10. The predicted octanol–water partition coefficient (Wildman–Crippen LogP) is 1.49. The zero-order valence-corrected chi connectivity index (χ0v) is 13.1. The molecule has 4 nitrogen and oxygen atoms in total. The smallest absolute Gasteiger partial charge is 0.155 e. The number of sulfone groups is 1. The van der Waals surface area contributed by atoms with Crippen molar-refractivity contribution < 1.29 is 13.2 Å². The molecule has 0 saturated heterocycles. The van der Waals surface area contributed by atoms with Crippen molar-refractivity contribution >= 4 is 9.84 Å². The Morgan fingerprint density at radius 3 is 2.30 bits per heavy atom. The maximum absolute atomic E-state index is 12.2. The second kappa shape index (κ2) is 5.47. The molecule has 1 aliphatic carbocycles. The van der Waals surface area contributed by atoms with Crippen LogP contribution in [0.5, 0.6) is 0 Å². The van der Waals surface area contributed by atoms with Crippen LogP contribution >= 0.6 is 0 Å². The highest BCUT2D eigenvalue weighted by molar-refractivity contribution is 7.92. The number of hydrogen-bond acceptors (Lipinski definition) is 4. The van der Waals surface area contributed by atoms with Gasteiger partial charge in [0.1, 0.15) is 0 Å². The molecule has 0 spiro atoms. The minimum Gasteiger partial charge on any atom is -0.383 e. The fourth-order valence-corrected chi connectivity index (χ4v) is 5.00. The summed E-state index contributed by atoms with van der Waals surface area (Å²) in [5.74, 6) is -0.0533. The number of benzene rings is 1. The molecule has 20 heavy (non-hydrogen) atoms. The van der Waals surface area contributed by atoms with Crippen molar-refractivity contribution in [3.8, 4) is 0 Å². The largest absolute Gasteiger partial charge is 0.383 e. The first kappa shape index (κ1) is 15.5. The molecule has 1 fully saturated rings. The first-order valence-electron chi connectivity index (χ1n) is 6.99. The van der Waals surface area contributed by atoms with Crippen molar-refractivity contribution in [2.75, 3.05) is 19.5 Å². The Morgan fingerprint density at radius 2 is 1.85 bits per heavy atom. The van der Waals surface area contributed by atoms with Gasteiger partial charge in [0, 0.05) is 18.8 Å². The van der Waals surface area contributed by atoms with E-state index in [9.17, 15) is 8.42 Å². The lowest BCUT2D eigenvalue weighted by molar-refractivity contribution is 0.171. The van der Waals surface area contributed by atoms with Crippen LogP contribution in [0, 0.1) is 0 Å². The first-order chi connectivity index (χ1) is 9.40. The van der Waals surface area contributed by atoms with Crippen molar-refractivity contribution in [3.05, 3.63) is 35.4 Å². The SMILES string of the molecule is CCc1ccc([C@@H]2[C@H](S(=O)(=O)CC)[C@]2(N)COC)cc1. The van der Waals surface area contributed by atoms with Gasteiger partial charge in [-0.2, -0.15) is 0 Å². The second-order valence-electron chi connectivity index (χ2n) is 5.49. The number of hydrogen-bond donors (Lipinski definition) is 1. The maximum atomic E-state index is 12.2. The highest BCUT2D eigenvalue weighted by Gasteiger charge is 2.68. The van der Waals surface area contributed by atoms with Gasteiger partial charge in [0.2, 0.25) is 0 Å². The topological polar surface area (TPSA) is 69.4 Å². The number of nitrogens with two attached hydrogens (primary N) is 1. The molecule has 0 amide bonds. The van der Waals surface area contributed by atoms with Crippen molar-refractivity contribution in [3.63, 3.8) is 0 Å². The quantitative estimate of drug-likeness (QED) is 0.864. The van der Waals surface area contributed by atoms with Crippen LogP contribution in [0.4, 0.5) is 0 Å². The number of rotatable bonds is 6. The Hall–Kier alpha value is -0.910. The number of methoxy groups -OCH3 is 1. The fraction of sp³-hybridized carbons (Fsp3) is 0.600. The Morgan fingerprint density at radius 1 is 1.25 bits per heavy atom. The van der Waals surface area contributed by atoms with Crippen LogP contribution in [0.2, 0.25) is 0 Å². The summed E-state index contributed by atoms with van der Waals surface area (Å²) in [5.41, 5.74) is 7.74. The standard InChI is InChI=1S/C15H23NO3S/c1-4-11-6-8-12(9-7-11)13-14(20(17,18)5-2)15(13,16)10-19-3/h6-9,13-14H,4-5,10,16H2,1-3H3/t13-,14+,15+/m1/s1. The summed E-state index contributed by atoms with van der Waals surface area (Å²) in [5, 5.41) is -0.535. The molecule has 0 aliphatic heterocycles. The van der Waals surface area contributed by atoms with Crippen LogP contribution in [0.3, 0.4) is 0 Å². The molecule has 112 valence electrons. The molecular formula is C15H23NO3S. The first-order valence-corrected chi connectivity index (χ1v) is 8.70. The molecule has 1 aromatic carbocycles. The average Bonchev–Trinajstić information content (AvgIpc) is 3.06. The third-order valence-electron chi connectivity index (χ3n) is 4.23. The Kier molecular flexibility index (Phi) is 4.23. The molecule has 3 atom stereocenters. The van der Waals surface area contributed by atoms with E-state index in [1.807, 2.05) is 24.3 Å². The lowest BCUT2D eigenvalue weighted by atomic mass is 10.0. The van der Waals surface area contributed by atoms with Gasteiger partial charge >= 0.3 is 0 Å². The summed E-state index contributed by atoms with van der Waals surface area (Å²) in [6.07, 6.45) is 0.966. The third-order valence-corrected chi connectivity index (χ3v) is 6.52. The van der Waals surface area contributed by atoms with Gasteiger partial charge in [-0.05, 0) is 17.5 Å². The molecule has 0 heterocycles. The maximum Gasteiger partial charge on any atom is 0.155 e. The number of ether oxygens (including phenoxy) is 1. The van der Waals surface area contributed by atoms with Crippen LogP contribution in [0.15, 0.2) is 24.3 Å². The molecular weight excluding hydrogens is 274 g/mol. The highest BCUT2D eigenvalue weighted by Crippen LogP contribution is 2.54. The third kappa shape index (κ3) is 2.50. The Labute approximate surface area is 121 Å². The van der Waals surface area contributed by atoms with E-state index in [0.29, 0.717) is 0 Å². The van der Waals surface area contributed by atoms with E-state index in [1.54, 1.807) is 14.0 Å². The van der Waals surface area contributed by atoms with Gasteiger partial charge < -0.3 is 10.5 Å². The minimum absolute atomic E-state index is 0.115. The zero-order chi connectivity index (χ0) is 15.0. The molecule has 0 aromatic heterocycles. The molecule has 2 N–H and O–H groups in total. The average molecular weight is 297 g/mol. The van der Waals surface area contributed by atoms with Crippen molar-refractivity contribution in [2.45, 2.75) is 37.0 Å². The summed E-state index contributed by atoms with van der Waals surface area (Å²) in [6, 6.07) is 8.06.